The van der Waals surface area contributed by atoms with Crippen molar-refractivity contribution in [2.24, 2.45) is 18.9 Å². The summed E-state index contributed by atoms with van der Waals surface area (Å²) in [6, 6.07) is 0. The minimum absolute atomic E-state index is 0.0460. The van der Waals surface area contributed by atoms with Crippen molar-refractivity contribution in [3.8, 4) is 0 Å². The number of amides is 1. The predicted molar refractivity (Wildman–Crippen MR) is 105 cm³/mol. The molecular weight excluding hydrogens is 352 g/mol. The quantitative estimate of drug-likeness (QED) is 0.861. The van der Waals surface area contributed by atoms with Gasteiger partial charge in [-0.15, -0.1) is 0 Å². The maximum absolute atomic E-state index is 12.9. The van der Waals surface area contributed by atoms with E-state index in [1.807, 2.05) is 25.0 Å². The zero-order chi connectivity index (χ0) is 19.5. The first kappa shape index (κ1) is 17.9. The molecule has 6 rings (SSSR count). The van der Waals surface area contributed by atoms with Crippen molar-refractivity contribution in [1.29, 1.82) is 0 Å². The van der Waals surface area contributed by atoms with Crippen molar-refractivity contribution < 1.29 is 4.79 Å². The second kappa shape index (κ2) is 6.16. The molecule has 1 N–H and O–H groups in total. The Morgan fingerprint density at radius 1 is 1.25 bits per heavy atom. The number of rotatable bonds is 5. The second-order valence-electron chi connectivity index (χ2n) is 9.63. The topological polar surface area (TPSA) is 77.6 Å². The Morgan fingerprint density at radius 2 is 2.00 bits per heavy atom. The molecule has 1 amide bonds. The molecule has 4 fully saturated rings. The largest absolute Gasteiger partial charge is 0.351 e. The lowest BCUT2D eigenvalue weighted by Crippen LogP contribution is -2.65. The van der Waals surface area contributed by atoms with Crippen molar-refractivity contribution in [3.05, 3.63) is 29.6 Å². The summed E-state index contributed by atoms with van der Waals surface area (Å²) >= 11 is 0. The van der Waals surface area contributed by atoms with Crippen LogP contribution in [-0.4, -0.2) is 36.0 Å². The lowest BCUT2D eigenvalue weighted by molar-refractivity contribution is -0.130. The molecule has 0 aliphatic heterocycles. The standard InChI is InChI=1S/C21H30N6O/c1-14-18(15(2)26(3)25-14)4-5-19(28)24-20-7-16-6-17(8-20)10-21(9-16,11-20)27-13-22-12-23-27/h12-13,16-17H,4-11H2,1-3H3,(H,24,28). The molecule has 4 saturated carbocycles. The van der Waals surface area contributed by atoms with Gasteiger partial charge >= 0.3 is 0 Å². The molecule has 2 aromatic rings. The number of carbonyl (C=O) groups is 1. The smallest absolute Gasteiger partial charge is 0.220 e. The van der Waals surface area contributed by atoms with Gasteiger partial charge in [-0.25, -0.2) is 9.67 Å². The van der Waals surface area contributed by atoms with E-state index in [1.54, 1.807) is 6.33 Å². The molecule has 7 nitrogen and oxygen atoms in total. The van der Waals surface area contributed by atoms with Gasteiger partial charge < -0.3 is 5.32 Å². The van der Waals surface area contributed by atoms with Crippen LogP contribution in [0.5, 0.6) is 0 Å². The molecule has 2 heterocycles. The number of aryl methyl sites for hydroxylation is 2. The molecule has 4 bridgehead atoms. The van der Waals surface area contributed by atoms with E-state index >= 15 is 0 Å². The highest BCUT2D eigenvalue weighted by molar-refractivity contribution is 5.77. The van der Waals surface area contributed by atoms with Gasteiger partial charge in [-0.2, -0.15) is 10.2 Å². The van der Waals surface area contributed by atoms with Crippen LogP contribution in [0.4, 0.5) is 0 Å². The normalized spacial score (nSPS) is 33.4. The first-order valence-corrected chi connectivity index (χ1v) is 10.5. The maximum atomic E-state index is 12.9. The Labute approximate surface area is 165 Å². The first-order chi connectivity index (χ1) is 13.4. The molecule has 2 unspecified atom stereocenters. The van der Waals surface area contributed by atoms with Crippen LogP contribution in [0.25, 0.3) is 0 Å². The molecular formula is C21H30N6O. The van der Waals surface area contributed by atoms with Gasteiger partial charge in [0, 0.05) is 24.7 Å². The molecule has 2 aromatic heterocycles. The van der Waals surface area contributed by atoms with Gasteiger partial charge in [0.1, 0.15) is 12.7 Å². The Kier molecular flexibility index (Phi) is 3.93. The van der Waals surface area contributed by atoms with Crippen LogP contribution in [0.2, 0.25) is 0 Å². The van der Waals surface area contributed by atoms with Gasteiger partial charge in [-0.3, -0.25) is 9.48 Å². The average Bonchev–Trinajstić information content (AvgIpc) is 3.22. The fraction of sp³-hybridized carbons (Fsp3) is 0.714. The maximum Gasteiger partial charge on any atom is 0.220 e. The number of nitrogens with one attached hydrogen (secondary N) is 1. The summed E-state index contributed by atoms with van der Waals surface area (Å²) in [5.41, 5.74) is 3.39. The zero-order valence-corrected chi connectivity index (χ0v) is 17.1. The lowest BCUT2D eigenvalue weighted by atomic mass is 9.50. The van der Waals surface area contributed by atoms with Crippen LogP contribution in [0, 0.1) is 25.7 Å². The van der Waals surface area contributed by atoms with Crippen LogP contribution >= 0.6 is 0 Å². The van der Waals surface area contributed by atoms with Gasteiger partial charge in [0.2, 0.25) is 5.91 Å². The fourth-order valence-electron chi connectivity index (χ4n) is 6.86. The van der Waals surface area contributed by atoms with Crippen molar-refractivity contribution in [2.75, 3.05) is 0 Å². The average molecular weight is 383 g/mol. The Bertz CT molecular complexity index is 884. The van der Waals surface area contributed by atoms with Gasteiger partial charge in [0.05, 0.1) is 11.2 Å². The SMILES string of the molecule is Cc1nn(C)c(C)c1CCC(=O)NC12CC3CC(C1)CC(n1cncn1)(C3)C2. The number of hydrogen-bond donors (Lipinski definition) is 1. The Balaban J connectivity index is 1.31. The molecule has 2 atom stereocenters. The van der Waals surface area contributed by atoms with Crippen molar-refractivity contribution in [2.45, 2.75) is 76.3 Å². The van der Waals surface area contributed by atoms with E-state index in [2.05, 4.69) is 32.1 Å². The van der Waals surface area contributed by atoms with E-state index < -0.39 is 0 Å². The third-order valence-corrected chi connectivity index (χ3v) is 7.60. The zero-order valence-electron chi connectivity index (χ0n) is 17.1. The molecule has 0 radical (unpaired) electrons. The van der Waals surface area contributed by atoms with E-state index in [0.29, 0.717) is 18.3 Å². The fourth-order valence-corrected chi connectivity index (χ4v) is 6.86. The van der Waals surface area contributed by atoms with Crippen LogP contribution in [-0.2, 0) is 23.8 Å². The second-order valence-corrected chi connectivity index (χ2v) is 9.63. The Hall–Kier alpha value is -2.18. The van der Waals surface area contributed by atoms with E-state index in [-0.39, 0.29) is 17.0 Å². The number of carbonyl (C=O) groups excluding carboxylic acids is 1. The minimum atomic E-state index is -0.0633. The van der Waals surface area contributed by atoms with E-state index in [9.17, 15) is 4.79 Å². The summed E-state index contributed by atoms with van der Waals surface area (Å²) < 4.78 is 4.00. The number of hydrogen-bond acceptors (Lipinski definition) is 4. The third-order valence-electron chi connectivity index (χ3n) is 7.60. The summed E-state index contributed by atoms with van der Waals surface area (Å²) in [5, 5.41) is 12.5. The predicted octanol–water partition coefficient (Wildman–Crippen LogP) is 2.43. The molecule has 0 aromatic carbocycles. The van der Waals surface area contributed by atoms with Crippen molar-refractivity contribution >= 4 is 5.91 Å². The molecule has 0 saturated heterocycles. The van der Waals surface area contributed by atoms with Crippen LogP contribution < -0.4 is 5.32 Å². The van der Waals surface area contributed by atoms with Gasteiger partial charge in [-0.05, 0) is 76.2 Å². The van der Waals surface area contributed by atoms with Crippen LogP contribution in [0.1, 0.15) is 61.9 Å². The van der Waals surface area contributed by atoms with Crippen LogP contribution in [0.15, 0.2) is 12.7 Å². The van der Waals surface area contributed by atoms with E-state index in [1.165, 1.54) is 24.8 Å². The Morgan fingerprint density at radius 3 is 2.61 bits per heavy atom. The van der Waals surface area contributed by atoms with Gasteiger partial charge in [-0.1, -0.05) is 0 Å². The summed E-state index contributed by atoms with van der Waals surface area (Å²) in [7, 11) is 1.96. The van der Waals surface area contributed by atoms with Crippen molar-refractivity contribution in [3.63, 3.8) is 0 Å². The van der Waals surface area contributed by atoms with E-state index in [4.69, 9.17) is 0 Å². The lowest BCUT2D eigenvalue weighted by Gasteiger charge is -2.61. The minimum Gasteiger partial charge on any atom is -0.351 e. The molecule has 150 valence electrons. The highest BCUT2D eigenvalue weighted by Gasteiger charge is 2.59. The first-order valence-electron chi connectivity index (χ1n) is 10.5. The number of aromatic nitrogens is 5. The number of nitrogens with zero attached hydrogens (tertiary/aromatic N) is 5. The highest BCUT2D eigenvalue weighted by atomic mass is 16.1. The summed E-state index contributed by atoms with van der Waals surface area (Å²) in [5.74, 6) is 1.56. The van der Waals surface area contributed by atoms with E-state index in [0.717, 1.165) is 37.1 Å². The van der Waals surface area contributed by atoms with Crippen LogP contribution in [0.3, 0.4) is 0 Å². The molecule has 4 aliphatic rings. The van der Waals surface area contributed by atoms with Crippen molar-refractivity contribution in [1.82, 2.24) is 29.9 Å². The highest BCUT2D eigenvalue weighted by Crippen LogP contribution is 2.60. The monoisotopic (exact) mass is 382 g/mol. The third kappa shape index (κ3) is 2.78. The molecule has 4 aliphatic carbocycles. The molecule has 28 heavy (non-hydrogen) atoms. The molecule has 7 heteroatoms. The van der Waals surface area contributed by atoms with Gasteiger partial charge in [0.25, 0.3) is 0 Å². The van der Waals surface area contributed by atoms with Gasteiger partial charge in [0.15, 0.2) is 0 Å². The molecule has 0 spiro atoms. The summed E-state index contributed by atoms with van der Waals surface area (Å²) in [4.78, 5) is 17.1. The summed E-state index contributed by atoms with van der Waals surface area (Å²) in [6.45, 7) is 4.11. The summed E-state index contributed by atoms with van der Waals surface area (Å²) in [6.07, 6.45) is 11.7.